The maximum Gasteiger partial charge on any atom is 0.251 e. The van der Waals surface area contributed by atoms with Gasteiger partial charge in [-0.2, -0.15) is 0 Å². The summed E-state index contributed by atoms with van der Waals surface area (Å²) in [6, 6.07) is 11.6. The number of ether oxygens (including phenoxy) is 1. The molecule has 0 aliphatic heterocycles. The Labute approximate surface area is 161 Å². The molecule has 3 rings (SSSR count). The molecule has 0 bridgehead atoms. The molecule has 1 heterocycles. The van der Waals surface area contributed by atoms with Crippen molar-refractivity contribution in [3.63, 3.8) is 0 Å². The summed E-state index contributed by atoms with van der Waals surface area (Å²) in [6.45, 7) is 1.81. The molecule has 0 aliphatic carbocycles. The minimum Gasteiger partial charge on any atom is -0.494 e. The van der Waals surface area contributed by atoms with Crippen LogP contribution in [0.3, 0.4) is 0 Å². The Morgan fingerprint density at radius 2 is 2.00 bits per heavy atom. The van der Waals surface area contributed by atoms with Crippen LogP contribution in [0.2, 0.25) is 0 Å². The van der Waals surface area contributed by atoms with E-state index in [0.29, 0.717) is 11.1 Å². The predicted octanol–water partition coefficient (Wildman–Crippen LogP) is 4.23. The van der Waals surface area contributed by atoms with Gasteiger partial charge in [0.15, 0.2) is 16.7 Å². The molecule has 27 heavy (non-hydrogen) atoms. The fourth-order valence-electron chi connectivity index (χ4n) is 2.73. The molecule has 140 valence electrons. The third kappa shape index (κ3) is 4.14. The van der Waals surface area contributed by atoms with Crippen LogP contribution in [0.15, 0.2) is 60.0 Å². The molecule has 3 aromatic rings. The minimum atomic E-state index is -0.453. The van der Waals surface area contributed by atoms with Crippen molar-refractivity contribution in [2.75, 3.05) is 13.4 Å². The number of imidazole rings is 1. The second kappa shape index (κ2) is 8.26. The zero-order valence-corrected chi connectivity index (χ0v) is 16.1. The van der Waals surface area contributed by atoms with Crippen LogP contribution in [-0.2, 0) is 0 Å². The van der Waals surface area contributed by atoms with Crippen LogP contribution in [0.4, 0.5) is 4.39 Å². The minimum absolute atomic E-state index is 0.178. The Bertz CT molecular complexity index is 941. The quantitative estimate of drug-likeness (QED) is 0.645. The zero-order chi connectivity index (χ0) is 19.4. The van der Waals surface area contributed by atoms with Gasteiger partial charge in [-0.1, -0.05) is 17.8 Å². The fourth-order valence-corrected chi connectivity index (χ4v) is 3.26. The van der Waals surface area contributed by atoms with Gasteiger partial charge in [0.05, 0.1) is 13.2 Å². The Balaban J connectivity index is 1.71. The van der Waals surface area contributed by atoms with E-state index in [4.69, 9.17) is 4.74 Å². The van der Waals surface area contributed by atoms with Crippen molar-refractivity contribution in [1.29, 1.82) is 0 Å². The molecular formula is C20H20FN3O2S. The molecule has 0 radical (unpaired) electrons. The Morgan fingerprint density at radius 1 is 1.26 bits per heavy atom. The van der Waals surface area contributed by atoms with Gasteiger partial charge >= 0.3 is 0 Å². The highest BCUT2D eigenvalue weighted by Crippen LogP contribution is 2.22. The standard InChI is InChI=1S/C20H20FN3O2S/c1-13(15-6-9-18(26-2)17(21)12-15)23-19(25)14-4-7-16(8-5-14)24-11-10-22-20(24)27-3/h4-13H,1-3H3,(H,23,25). The van der Waals surface area contributed by atoms with Crippen LogP contribution >= 0.6 is 11.8 Å². The van der Waals surface area contributed by atoms with E-state index in [0.717, 1.165) is 10.8 Å². The van der Waals surface area contributed by atoms with E-state index < -0.39 is 5.82 Å². The van der Waals surface area contributed by atoms with Gasteiger partial charge in [0.25, 0.3) is 5.91 Å². The summed E-state index contributed by atoms with van der Waals surface area (Å²) >= 11 is 1.55. The zero-order valence-electron chi connectivity index (χ0n) is 15.3. The number of halogens is 1. The molecule has 0 aliphatic rings. The first-order valence-electron chi connectivity index (χ1n) is 8.35. The van der Waals surface area contributed by atoms with Crippen LogP contribution < -0.4 is 10.1 Å². The van der Waals surface area contributed by atoms with Crippen molar-refractivity contribution in [2.45, 2.75) is 18.1 Å². The lowest BCUT2D eigenvalue weighted by Gasteiger charge is -2.15. The van der Waals surface area contributed by atoms with Crippen molar-refractivity contribution in [3.05, 3.63) is 71.8 Å². The molecular weight excluding hydrogens is 365 g/mol. The number of nitrogens with zero attached hydrogens (tertiary/aromatic N) is 2. The molecule has 0 saturated heterocycles. The molecule has 0 spiro atoms. The molecule has 5 nitrogen and oxygen atoms in total. The first-order valence-corrected chi connectivity index (χ1v) is 9.58. The Hall–Kier alpha value is -2.80. The highest BCUT2D eigenvalue weighted by atomic mass is 32.2. The molecule has 1 atom stereocenters. The molecule has 1 N–H and O–H groups in total. The van der Waals surface area contributed by atoms with Crippen LogP contribution in [0, 0.1) is 5.82 Å². The maximum atomic E-state index is 13.9. The van der Waals surface area contributed by atoms with E-state index in [1.165, 1.54) is 13.2 Å². The summed E-state index contributed by atoms with van der Waals surface area (Å²) < 4.78 is 20.7. The summed E-state index contributed by atoms with van der Waals surface area (Å²) in [5, 5.41) is 3.76. The molecule has 1 amide bonds. The molecule has 0 saturated carbocycles. The van der Waals surface area contributed by atoms with Crippen molar-refractivity contribution in [1.82, 2.24) is 14.9 Å². The largest absolute Gasteiger partial charge is 0.494 e. The average molecular weight is 385 g/mol. The lowest BCUT2D eigenvalue weighted by molar-refractivity contribution is 0.0940. The van der Waals surface area contributed by atoms with E-state index in [2.05, 4.69) is 10.3 Å². The summed E-state index contributed by atoms with van der Waals surface area (Å²) in [4.78, 5) is 16.8. The van der Waals surface area contributed by atoms with Crippen molar-refractivity contribution in [2.24, 2.45) is 0 Å². The van der Waals surface area contributed by atoms with Gasteiger partial charge in [0.1, 0.15) is 0 Å². The van der Waals surface area contributed by atoms with Gasteiger partial charge in [0.2, 0.25) is 0 Å². The summed E-state index contributed by atoms with van der Waals surface area (Å²) in [7, 11) is 1.42. The van der Waals surface area contributed by atoms with Gasteiger partial charge in [-0.15, -0.1) is 0 Å². The summed E-state index contributed by atoms with van der Waals surface area (Å²) in [6.07, 6.45) is 5.58. The van der Waals surface area contributed by atoms with E-state index in [9.17, 15) is 9.18 Å². The molecule has 1 unspecified atom stereocenters. The number of hydrogen-bond acceptors (Lipinski definition) is 4. The van der Waals surface area contributed by atoms with Crippen LogP contribution in [-0.4, -0.2) is 28.8 Å². The molecule has 1 aromatic heterocycles. The van der Waals surface area contributed by atoms with E-state index >= 15 is 0 Å². The van der Waals surface area contributed by atoms with Crippen molar-refractivity contribution in [3.8, 4) is 11.4 Å². The number of carbonyl (C=O) groups excluding carboxylic acids is 1. The summed E-state index contributed by atoms with van der Waals surface area (Å²) in [5.74, 6) is -0.497. The normalized spacial score (nSPS) is 11.9. The van der Waals surface area contributed by atoms with Gasteiger partial charge in [-0.3, -0.25) is 9.36 Å². The highest BCUT2D eigenvalue weighted by Gasteiger charge is 2.14. The van der Waals surface area contributed by atoms with Crippen molar-refractivity contribution >= 4 is 17.7 Å². The van der Waals surface area contributed by atoms with Gasteiger partial charge < -0.3 is 10.1 Å². The van der Waals surface area contributed by atoms with Gasteiger partial charge in [-0.25, -0.2) is 9.37 Å². The number of thioether (sulfide) groups is 1. The smallest absolute Gasteiger partial charge is 0.251 e. The number of aromatic nitrogens is 2. The number of carbonyl (C=O) groups is 1. The number of benzene rings is 2. The first kappa shape index (κ1) is 19.0. The number of hydrogen-bond donors (Lipinski definition) is 1. The predicted molar refractivity (Wildman–Crippen MR) is 104 cm³/mol. The third-order valence-electron chi connectivity index (χ3n) is 4.22. The maximum absolute atomic E-state index is 13.9. The lowest BCUT2D eigenvalue weighted by Crippen LogP contribution is -2.26. The topological polar surface area (TPSA) is 56.1 Å². The van der Waals surface area contributed by atoms with Crippen LogP contribution in [0.1, 0.15) is 28.9 Å². The number of methoxy groups -OCH3 is 1. The van der Waals surface area contributed by atoms with E-state index in [1.54, 1.807) is 42.2 Å². The highest BCUT2D eigenvalue weighted by molar-refractivity contribution is 7.98. The van der Waals surface area contributed by atoms with E-state index in [1.807, 2.05) is 36.1 Å². The van der Waals surface area contributed by atoms with Gasteiger partial charge in [0, 0.05) is 23.6 Å². The number of rotatable bonds is 6. The molecule has 0 fully saturated rings. The Morgan fingerprint density at radius 3 is 2.63 bits per heavy atom. The second-order valence-corrected chi connectivity index (χ2v) is 6.69. The second-order valence-electron chi connectivity index (χ2n) is 5.92. The van der Waals surface area contributed by atoms with Crippen LogP contribution in [0.5, 0.6) is 5.75 Å². The molecule has 2 aromatic carbocycles. The monoisotopic (exact) mass is 385 g/mol. The fraction of sp³-hybridized carbons (Fsp3) is 0.200. The third-order valence-corrected chi connectivity index (χ3v) is 4.89. The Kier molecular flexibility index (Phi) is 5.81. The van der Waals surface area contributed by atoms with Gasteiger partial charge in [-0.05, 0) is 55.1 Å². The van der Waals surface area contributed by atoms with E-state index in [-0.39, 0.29) is 17.7 Å². The summed E-state index contributed by atoms with van der Waals surface area (Å²) in [5.41, 5.74) is 2.13. The lowest BCUT2D eigenvalue weighted by atomic mass is 10.1. The number of nitrogens with one attached hydrogen (secondary N) is 1. The first-order chi connectivity index (χ1) is 13.0. The SMILES string of the molecule is COc1ccc(C(C)NC(=O)c2ccc(-n3ccnc3SC)cc2)cc1F. The van der Waals surface area contributed by atoms with Crippen molar-refractivity contribution < 1.29 is 13.9 Å². The van der Waals surface area contributed by atoms with Crippen LogP contribution in [0.25, 0.3) is 5.69 Å². The number of amides is 1. The molecule has 7 heteroatoms. The average Bonchev–Trinajstić information content (AvgIpc) is 3.16.